The Balaban J connectivity index is 2.60. The van der Waals surface area contributed by atoms with Gasteiger partial charge >= 0.3 is 5.97 Å². The van der Waals surface area contributed by atoms with Gasteiger partial charge in [-0.3, -0.25) is 4.79 Å². The number of carbonyl (C=O) groups is 1. The van der Waals surface area contributed by atoms with Gasteiger partial charge in [0.2, 0.25) is 0 Å². The molecule has 15 heavy (non-hydrogen) atoms. The maximum atomic E-state index is 10.4. The molecule has 0 bridgehead atoms. The fourth-order valence-electron chi connectivity index (χ4n) is 1.17. The number of rotatable bonds is 3. The Hall–Kier alpha value is -1.79. The number of benzene rings is 1. The molecule has 0 aliphatic carbocycles. The van der Waals surface area contributed by atoms with Gasteiger partial charge in [0, 0.05) is 6.42 Å². The van der Waals surface area contributed by atoms with Gasteiger partial charge in [-0.2, -0.15) is 0 Å². The van der Waals surface area contributed by atoms with E-state index in [0.29, 0.717) is 6.42 Å². The topological polar surface area (TPSA) is 57.5 Å². The van der Waals surface area contributed by atoms with E-state index in [2.05, 4.69) is 11.8 Å². The number of aliphatic carboxylic acids is 1. The van der Waals surface area contributed by atoms with Crippen molar-refractivity contribution in [2.24, 2.45) is 0 Å². The molecule has 0 radical (unpaired) electrons. The largest absolute Gasteiger partial charge is 0.481 e. The summed E-state index contributed by atoms with van der Waals surface area (Å²) in [6.07, 6.45) is 0.622. The molecule has 0 atom stereocenters. The highest BCUT2D eigenvalue weighted by atomic mass is 16.4. The Kier molecular flexibility index (Phi) is 4.39. The molecule has 0 heterocycles. The minimum absolute atomic E-state index is 0.0442. The molecule has 0 saturated carbocycles. The molecule has 1 aromatic rings. The molecule has 0 amide bonds. The summed E-state index contributed by atoms with van der Waals surface area (Å²) in [5, 5.41) is 17.0. The average Bonchev–Trinajstić information content (AvgIpc) is 2.20. The van der Waals surface area contributed by atoms with Gasteiger partial charge in [-0.05, 0) is 11.1 Å². The van der Waals surface area contributed by atoms with Gasteiger partial charge in [-0.1, -0.05) is 36.1 Å². The van der Waals surface area contributed by atoms with Crippen LogP contribution in [0.4, 0.5) is 0 Å². The fourth-order valence-corrected chi connectivity index (χ4v) is 1.17. The molecule has 0 fully saturated rings. The minimum atomic E-state index is -0.831. The lowest BCUT2D eigenvalue weighted by atomic mass is 10.1. The second kappa shape index (κ2) is 5.84. The van der Waals surface area contributed by atoms with Crippen LogP contribution in [-0.2, 0) is 17.6 Å². The second-order valence-electron chi connectivity index (χ2n) is 3.08. The Labute approximate surface area is 88.4 Å². The molecule has 3 nitrogen and oxygen atoms in total. The molecule has 0 spiro atoms. The van der Waals surface area contributed by atoms with Gasteiger partial charge in [0.05, 0.1) is 6.42 Å². The maximum absolute atomic E-state index is 10.4. The predicted molar refractivity (Wildman–Crippen MR) is 56.3 cm³/mol. The monoisotopic (exact) mass is 204 g/mol. The number of carboxylic acids is 1. The van der Waals surface area contributed by atoms with Crippen molar-refractivity contribution < 1.29 is 15.0 Å². The maximum Gasteiger partial charge on any atom is 0.307 e. The molecule has 78 valence electrons. The fraction of sp³-hybridized carbons (Fsp3) is 0.250. The SMILES string of the molecule is O=C(O)Cc1ccc(CC#CCO)cc1. The highest BCUT2D eigenvalue weighted by Gasteiger charge is 1.99. The molecule has 3 heteroatoms. The highest BCUT2D eigenvalue weighted by Crippen LogP contribution is 2.05. The van der Waals surface area contributed by atoms with Gasteiger partial charge in [0.1, 0.15) is 6.61 Å². The van der Waals surface area contributed by atoms with E-state index in [9.17, 15) is 4.79 Å². The number of aliphatic hydroxyl groups is 1. The summed E-state index contributed by atoms with van der Waals surface area (Å²) in [5.41, 5.74) is 1.80. The summed E-state index contributed by atoms with van der Waals surface area (Å²) in [4.78, 5) is 10.4. The molecule has 0 unspecified atom stereocenters. The van der Waals surface area contributed by atoms with Crippen LogP contribution in [0.3, 0.4) is 0 Å². The summed E-state index contributed by atoms with van der Waals surface area (Å²) in [6.45, 7) is -0.128. The van der Waals surface area contributed by atoms with E-state index >= 15 is 0 Å². The van der Waals surface area contributed by atoms with E-state index in [4.69, 9.17) is 10.2 Å². The lowest BCUT2D eigenvalue weighted by Crippen LogP contribution is -1.99. The third-order valence-corrected chi connectivity index (χ3v) is 1.87. The number of aliphatic hydroxyl groups excluding tert-OH is 1. The van der Waals surface area contributed by atoms with Crippen molar-refractivity contribution in [2.75, 3.05) is 6.61 Å². The Morgan fingerprint density at radius 1 is 1.13 bits per heavy atom. The number of hydrogen-bond donors (Lipinski definition) is 2. The second-order valence-corrected chi connectivity index (χ2v) is 3.08. The highest BCUT2D eigenvalue weighted by molar-refractivity contribution is 5.70. The van der Waals surface area contributed by atoms with Crippen LogP contribution < -0.4 is 0 Å². The van der Waals surface area contributed by atoms with Crippen molar-refractivity contribution in [1.29, 1.82) is 0 Å². The summed E-state index contributed by atoms with van der Waals surface area (Å²) in [6, 6.07) is 7.27. The van der Waals surface area contributed by atoms with Crippen LogP contribution >= 0.6 is 0 Å². The molecule has 1 rings (SSSR count). The van der Waals surface area contributed by atoms with Crippen LogP contribution in [0.15, 0.2) is 24.3 Å². The summed E-state index contributed by atoms with van der Waals surface area (Å²) < 4.78 is 0. The molecular formula is C12H12O3. The van der Waals surface area contributed by atoms with Crippen LogP contribution in [0.2, 0.25) is 0 Å². The smallest absolute Gasteiger partial charge is 0.307 e. The Bertz CT molecular complexity index is 382. The van der Waals surface area contributed by atoms with Crippen molar-refractivity contribution in [3.63, 3.8) is 0 Å². The van der Waals surface area contributed by atoms with Crippen LogP contribution in [-0.4, -0.2) is 22.8 Å². The van der Waals surface area contributed by atoms with Crippen LogP contribution in [0, 0.1) is 11.8 Å². The quantitative estimate of drug-likeness (QED) is 0.718. The van der Waals surface area contributed by atoms with E-state index in [-0.39, 0.29) is 13.0 Å². The van der Waals surface area contributed by atoms with E-state index in [0.717, 1.165) is 11.1 Å². The van der Waals surface area contributed by atoms with Crippen molar-refractivity contribution in [3.8, 4) is 11.8 Å². The van der Waals surface area contributed by atoms with Crippen molar-refractivity contribution >= 4 is 5.97 Å². The van der Waals surface area contributed by atoms with Gasteiger partial charge < -0.3 is 10.2 Å². The summed E-state index contributed by atoms with van der Waals surface area (Å²) >= 11 is 0. The number of carboxylic acid groups (broad SMARTS) is 1. The molecule has 0 aliphatic rings. The third-order valence-electron chi connectivity index (χ3n) is 1.87. The summed E-state index contributed by atoms with van der Waals surface area (Å²) in [7, 11) is 0. The molecule has 1 aromatic carbocycles. The normalized spacial score (nSPS) is 9.13. The van der Waals surface area contributed by atoms with E-state index < -0.39 is 5.97 Å². The van der Waals surface area contributed by atoms with E-state index in [1.807, 2.05) is 12.1 Å². The minimum Gasteiger partial charge on any atom is -0.481 e. The molecular weight excluding hydrogens is 192 g/mol. The van der Waals surface area contributed by atoms with Crippen LogP contribution in [0.25, 0.3) is 0 Å². The number of hydrogen-bond acceptors (Lipinski definition) is 2. The first-order chi connectivity index (χ1) is 7.22. The Morgan fingerprint density at radius 3 is 2.27 bits per heavy atom. The Morgan fingerprint density at radius 2 is 1.73 bits per heavy atom. The van der Waals surface area contributed by atoms with Gasteiger partial charge in [-0.25, -0.2) is 0 Å². The average molecular weight is 204 g/mol. The first kappa shape index (κ1) is 11.3. The molecule has 0 saturated heterocycles. The predicted octanol–water partition coefficient (Wildman–Crippen LogP) is 0.852. The van der Waals surface area contributed by atoms with Gasteiger partial charge in [0.25, 0.3) is 0 Å². The molecule has 0 aromatic heterocycles. The van der Waals surface area contributed by atoms with E-state index in [1.165, 1.54) is 0 Å². The zero-order valence-corrected chi connectivity index (χ0v) is 8.23. The van der Waals surface area contributed by atoms with Gasteiger partial charge in [0.15, 0.2) is 0 Å². The zero-order chi connectivity index (χ0) is 11.1. The van der Waals surface area contributed by atoms with Crippen molar-refractivity contribution in [1.82, 2.24) is 0 Å². The van der Waals surface area contributed by atoms with Crippen LogP contribution in [0.5, 0.6) is 0 Å². The zero-order valence-electron chi connectivity index (χ0n) is 8.23. The van der Waals surface area contributed by atoms with E-state index in [1.54, 1.807) is 12.1 Å². The summed E-state index contributed by atoms with van der Waals surface area (Å²) in [5.74, 6) is 4.52. The molecule has 0 aliphatic heterocycles. The first-order valence-corrected chi connectivity index (χ1v) is 4.58. The lowest BCUT2D eigenvalue weighted by Gasteiger charge is -1.98. The van der Waals surface area contributed by atoms with Gasteiger partial charge in [-0.15, -0.1) is 0 Å². The van der Waals surface area contributed by atoms with Crippen molar-refractivity contribution in [2.45, 2.75) is 12.8 Å². The molecule has 2 N–H and O–H groups in total. The van der Waals surface area contributed by atoms with Crippen molar-refractivity contribution in [3.05, 3.63) is 35.4 Å². The third kappa shape index (κ3) is 4.30. The lowest BCUT2D eigenvalue weighted by molar-refractivity contribution is -0.136. The van der Waals surface area contributed by atoms with Crippen LogP contribution in [0.1, 0.15) is 11.1 Å². The standard InChI is InChI=1S/C12H12O3/c13-8-2-1-3-10-4-6-11(7-5-10)9-12(14)15/h4-7,13H,3,8-9H2,(H,14,15). The first-order valence-electron chi connectivity index (χ1n) is 4.58.